The van der Waals surface area contributed by atoms with Gasteiger partial charge in [-0.1, -0.05) is 11.6 Å². The van der Waals surface area contributed by atoms with E-state index in [2.05, 4.69) is 0 Å². The summed E-state index contributed by atoms with van der Waals surface area (Å²) in [6, 6.07) is 5.88. The fraction of sp³-hybridized carbons (Fsp3) is 0.350. The molecule has 32 heavy (non-hydrogen) atoms. The third-order valence-electron chi connectivity index (χ3n) is 4.97. The Labute approximate surface area is 189 Å². The minimum absolute atomic E-state index is 0.0423. The molecule has 0 saturated carbocycles. The first-order valence-electron chi connectivity index (χ1n) is 9.58. The van der Waals surface area contributed by atoms with Crippen molar-refractivity contribution in [1.29, 1.82) is 0 Å². The fourth-order valence-electron chi connectivity index (χ4n) is 3.30. The van der Waals surface area contributed by atoms with E-state index >= 15 is 0 Å². The standard InChI is InChI=1S/C20H22ClF2N3O5S/c1-30-9-8-25-6-7-26(18(12-25)20(24)27)32(28,29)15-10-16(22)19(17(23)11-15)31-14-4-2-13(21)3-5-14/h2-5,10-11,18H,6-9,12H2,1H3,(H2,24,27)/t18-/m1/s1. The maximum Gasteiger partial charge on any atom is 0.244 e. The van der Waals surface area contributed by atoms with Crippen LogP contribution in [0.2, 0.25) is 5.02 Å². The Hall–Kier alpha value is -2.31. The van der Waals surface area contributed by atoms with Crippen LogP contribution in [-0.2, 0) is 19.6 Å². The highest BCUT2D eigenvalue weighted by Crippen LogP contribution is 2.32. The number of primary amides is 1. The van der Waals surface area contributed by atoms with Crippen molar-refractivity contribution >= 4 is 27.5 Å². The van der Waals surface area contributed by atoms with Gasteiger partial charge < -0.3 is 15.2 Å². The summed E-state index contributed by atoms with van der Waals surface area (Å²) >= 11 is 5.77. The van der Waals surface area contributed by atoms with E-state index in [4.69, 9.17) is 26.8 Å². The average Bonchev–Trinajstić information content (AvgIpc) is 2.75. The molecule has 0 unspecified atom stereocenters. The van der Waals surface area contributed by atoms with Crippen molar-refractivity contribution in [2.24, 2.45) is 5.73 Å². The summed E-state index contributed by atoms with van der Waals surface area (Å²) < 4.78 is 66.6. The van der Waals surface area contributed by atoms with Gasteiger partial charge in [-0.05, 0) is 36.4 Å². The summed E-state index contributed by atoms with van der Waals surface area (Å²) in [6.07, 6.45) is 0. The molecule has 1 amide bonds. The van der Waals surface area contributed by atoms with E-state index < -0.39 is 44.3 Å². The molecule has 174 valence electrons. The Morgan fingerprint density at radius 1 is 1.19 bits per heavy atom. The van der Waals surface area contributed by atoms with Gasteiger partial charge in [0, 0.05) is 38.3 Å². The second-order valence-corrected chi connectivity index (χ2v) is 9.43. The molecule has 12 heteroatoms. The molecule has 1 fully saturated rings. The van der Waals surface area contributed by atoms with Gasteiger partial charge in [0.25, 0.3) is 0 Å². The summed E-state index contributed by atoms with van der Waals surface area (Å²) in [7, 11) is -2.90. The van der Waals surface area contributed by atoms with Gasteiger partial charge in [0.15, 0.2) is 17.4 Å². The topological polar surface area (TPSA) is 102 Å². The minimum Gasteiger partial charge on any atom is -0.451 e. The minimum atomic E-state index is -4.42. The first kappa shape index (κ1) is 24.3. The first-order valence-corrected chi connectivity index (χ1v) is 11.4. The van der Waals surface area contributed by atoms with Gasteiger partial charge in [0.2, 0.25) is 15.9 Å². The average molecular weight is 490 g/mol. The number of benzene rings is 2. The van der Waals surface area contributed by atoms with Crippen molar-refractivity contribution in [1.82, 2.24) is 9.21 Å². The number of nitrogens with zero attached hydrogens (tertiary/aromatic N) is 2. The molecular weight excluding hydrogens is 468 g/mol. The van der Waals surface area contributed by atoms with Crippen LogP contribution in [0.25, 0.3) is 0 Å². The Balaban J connectivity index is 1.87. The van der Waals surface area contributed by atoms with E-state index in [9.17, 15) is 22.0 Å². The van der Waals surface area contributed by atoms with Gasteiger partial charge in [-0.2, -0.15) is 4.31 Å². The monoisotopic (exact) mass is 489 g/mol. The van der Waals surface area contributed by atoms with E-state index in [0.29, 0.717) is 36.9 Å². The molecule has 1 atom stereocenters. The second-order valence-electron chi connectivity index (χ2n) is 7.10. The van der Waals surface area contributed by atoms with Crippen molar-refractivity contribution < 1.29 is 31.5 Å². The number of methoxy groups -OCH3 is 1. The zero-order valence-corrected chi connectivity index (χ0v) is 18.7. The Kier molecular flexibility index (Phi) is 7.67. The number of carbonyl (C=O) groups is 1. The lowest BCUT2D eigenvalue weighted by atomic mass is 10.2. The van der Waals surface area contributed by atoms with Crippen molar-refractivity contribution in [2.75, 3.05) is 39.9 Å². The number of hydrogen-bond donors (Lipinski definition) is 1. The van der Waals surface area contributed by atoms with E-state index in [-0.39, 0.29) is 18.8 Å². The maximum atomic E-state index is 14.6. The van der Waals surface area contributed by atoms with Gasteiger partial charge in [-0.15, -0.1) is 0 Å². The second kappa shape index (κ2) is 10.1. The smallest absolute Gasteiger partial charge is 0.244 e. The summed E-state index contributed by atoms with van der Waals surface area (Å²) in [4.78, 5) is 13.1. The molecule has 3 rings (SSSR count). The van der Waals surface area contributed by atoms with Crippen LogP contribution in [-0.4, -0.2) is 69.5 Å². The Morgan fingerprint density at radius 3 is 2.38 bits per heavy atom. The molecule has 2 aromatic carbocycles. The van der Waals surface area contributed by atoms with Crippen LogP contribution in [0.3, 0.4) is 0 Å². The summed E-state index contributed by atoms with van der Waals surface area (Å²) in [5.41, 5.74) is 5.42. The summed E-state index contributed by atoms with van der Waals surface area (Å²) in [5, 5.41) is 0.408. The van der Waals surface area contributed by atoms with Gasteiger partial charge in [-0.3, -0.25) is 9.69 Å². The highest BCUT2D eigenvalue weighted by atomic mass is 35.5. The lowest BCUT2D eigenvalue weighted by Gasteiger charge is -2.38. The van der Waals surface area contributed by atoms with E-state index in [1.54, 1.807) is 0 Å². The normalized spacial score (nSPS) is 17.9. The SMILES string of the molecule is COCCN1CCN(S(=O)(=O)c2cc(F)c(Oc3ccc(Cl)cc3)c(F)c2)[C@@H](C(N)=O)C1. The van der Waals surface area contributed by atoms with Gasteiger partial charge in [0.05, 0.1) is 11.5 Å². The largest absolute Gasteiger partial charge is 0.451 e. The zero-order valence-electron chi connectivity index (χ0n) is 17.1. The molecule has 1 aliphatic rings. The number of nitrogens with two attached hydrogens (primary N) is 1. The van der Waals surface area contributed by atoms with E-state index in [1.807, 2.05) is 4.90 Å². The third-order valence-corrected chi connectivity index (χ3v) is 7.11. The molecule has 1 heterocycles. The number of amides is 1. The van der Waals surface area contributed by atoms with Crippen LogP contribution >= 0.6 is 11.6 Å². The summed E-state index contributed by atoms with van der Waals surface area (Å²) in [6.45, 7) is 1.14. The van der Waals surface area contributed by atoms with Crippen molar-refractivity contribution in [3.8, 4) is 11.5 Å². The third kappa shape index (κ3) is 5.36. The first-order chi connectivity index (χ1) is 15.1. The van der Waals surface area contributed by atoms with Gasteiger partial charge >= 0.3 is 0 Å². The van der Waals surface area contributed by atoms with Crippen LogP contribution in [0.4, 0.5) is 8.78 Å². The van der Waals surface area contributed by atoms with Crippen LogP contribution < -0.4 is 10.5 Å². The molecule has 1 aliphatic heterocycles. The quantitative estimate of drug-likeness (QED) is 0.610. The van der Waals surface area contributed by atoms with Crippen LogP contribution in [0.15, 0.2) is 41.3 Å². The molecular formula is C20H22ClF2N3O5S. The van der Waals surface area contributed by atoms with Crippen molar-refractivity contribution in [3.63, 3.8) is 0 Å². The van der Waals surface area contributed by atoms with Crippen molar-refractivity contribution in [3.05, 3.63) is 53.1 Å². The Morgan fingerprint density at radius 2 is 1.81 bits per heavy atom. The highest BCUT2D eigenvalue weighted by molar-refractivity contribution is 7.89. The van der Waals surface area contributed by atoms with Crippen LogP contribution in [0.1, 0.15) is 0 Å². The Bertz CT molecular complexity index is 1060. The number of sulfonamides is 1. The molecule has 0 radical (unpaired) electrons. The molecule has 8 nitrogen and oxygen atoms in total. The molecule has 0 spiro atoms. The lowest BCUT2D eigenvalue weighted by molar-refractivity contribution is -0.123. The molecule has 0 aromatic heterocycles. The predicted molar refractivity (Wildman–Crippen MR) is 113 cm³/mol. The zero-order chi connectivity index (χ0) is 23.5. The maximum absolute atomic E-state index is 14.6. The highest BCUT2D eigenvalue weighted by Gasteiger charge is 2.39. The summed E-state index contributed by atoms with van der Waals surface area (Å²) in [5.74, 6) is -3.94. The number of piperazine rings is 1. The van der Waals surface area contributed by atoms with Gasteiger partial charge in [-0.25, -0.2) is 17.2 Å². The molecule has 2 aromatic rings. The number of carbonyl (C=O) groups excluding carboxylic acids is 1. The number of ether oxygens (including phenoxy) is 2. The molecule has 0 aliphatic carbocycles. The van der Waals surface area contributed by atoms with E-state index in [0.717, 1.165) is 4.31 Å². The van der Waals surface area contributed by atoms with Crippen LogP contribution in [0.5, 0.6) is 11.5 Å². The molecule has 0 bridgehead atoms. The predicted octanol–water partition coefficient (Wildman–Crippen LogP) is 2.22. The van der Waals surface area contributed by atoms with E-state index in [1.165, 1.54) is 31.4 Å². The fourth-order valence-corrected chi connectivity index (χ4v) is 5.03. The van der Waals surface area contributed by atoms with Crippen LogP contribution in [0, 0.1) is 11.6 Å². The number of halogens is 3. The number of rotatable bonds is 8. The van der Waals surface area contributed by atoms with Gasteiger partial charge in [0.1, 0.15) is 11.8 Å². The molecule has 2 N–H and O–H groups in total. The lowest BCUT2D eigenvalue weighted by Crippen LogP contribution is -2.60. The molecule has 1 saturated heterocycles. The van der Waals surface area contributed by atoms with Crippen molar-refractivity contribution in [2.45, 2.75) is 10.9 Å². The number of hydrogen-bond acceptors (Lipinski definition) is 6.